The summed E-state index contributed by atoms with van der Waals surface area (Å²) in [5.74, 6) is -0.355. The third kappa shape index (κ3) is 2.02. The predicted octanol–water partition coefficient (Wildman–Crippen LogP) is 2.78. The van der Waals surface area contributed by atoms with Gasteiger partial charge in [-0.3, -0.25) is 4.68 Å². The molecule has 0 saturated heterocycles. The Labute approximate surface area is 110 Å². The van der Waals surface area contributed by atoms with Crippen LogP contribution in [0.15, 0.2) is 24.4 Å². The zero-order valence-corrected chi connectivity index (χ0v) is 11.2. The maximum absolute atomic E-state index is 13.6. The largest absolute Gasteiger partial charge is 0.379 e. The number of aryl methyl sites for hydroxylation is 2. The van der Waals surface area contributed by atoms with Crippen molar-refractivity contribution in [2.45, 2.75) is 19.4 Å². The third-order valence-electron chi connectivity index (χ3n) is 3.09. The van der Waals surface area contributed by atoms with Gasteiger partial charge in [0.1, 0.15) is 11.4 Å². The molecule has 0 aliphatic carbocycles. The van der Waals surface area contributed by atoms with Crippen LogP contribution >= 0.6 is 11.6 Å². The van der Waals surface area contributed by atoms with Gasteiger partial charge < -0.3 is 5.11 Å². The lowest BCUT2D eigenvalue weighted by molar-refractivity contribution is 0.0926. The van der Waals surface area contributed by atoms with Gasteiger partial charge in [-0.2, -0.15) is 5.10 Å². The molecule has 96 valence electrons. The van der Waals surface area contributed by atoms with Gasteiger partial charge in [0.25, 0.3) is 0 Å². The highest BCUT2D eigenvalue weighted by Gasteiger charge is 2.32. The normalized spacial score (nSPS) is 14.6. The SMILES string of the molecule is Cc1ccc(C(C)(O)c2c(Cl)cnn2C)cc1F. The van der Waals surface area contributed by atoms with E-state index < -0.39 is 5.60 Å². The fraction of sp³-hybridized carbons (Fsp3) is 0.308. The molecule has 1 N–H and O–H groups in total. The van der Waals surface area contributed by atoms with E-state index in [4.69, 9.17) is 11.6 Å². The van der Waals surface area contributed by atoms with Crippen molar-refractivity contribution in [3.05, 3.63) is 52.1 Å². The van der Waals surface area contributed by atoms with Crippen molar-refractivity contribution >= 4 is 11.6 Å². The third-order valence-corrected chi connectivity index (χ3v) is 3.37. The summed E-state index contributed by atoms with van der Waals surface area (Å²) in [6.07, 6.45) is 1.45. The van der Waals surface area contributed by atoms with E-state index in [9.17, 15) is 9.50 Å². The molecular formula is C13H14ClFN2O. The zero-order valence-electron chi connectivity index (χ0n) is 10.4. The summed E-state index contributed by atoms with van der Waals surface area (Å²) in [6, 6.07) is 4.63. The second kappa shape index (κ2) is 4.37. The average Bonchev–Trinajstić information content (AvgIpc) is 2.62. The molecule has 2 aromatic rings. The quantitative estimate of drug-likeness (QED) is 0.910. The van der Waals surface area contributed by atoms with Gasteiger partial charge in [0.15, 0.2) is 0 Å². The predicted molar refractivity (Wildman–Crippen MR) is 68.0 cm³/mol. The summed E-state index contributed by atoms with van der Waals surface area (Å²) in [4.78, 5) is 0. The van der Waals surface area contributed by atoms with Crippen molar-refractivity contribution in [2.24, 2.45) is 7.05 Å². The van der Waals surface area contributed by atoms with Gasteiger partial charge in [-0.1, -0.05) is 23.7 Å². The topological polar surface area (TPSA) is 38.1 Å². The van der Waals surface area contributed by atoms with E-state index in [1.165, 1.54) is 16.9 Å². The number of benzene rings is 1. The van der Waals surface area contributed by atoms with Crippen molar-refractivity contribution in [1.82, 2.24) is 9.78 Å². The van der Waals surface area contributed by atoms with Crippen LogP contribution in [-0.4, -0.2) is 14.9 Å². The van der Waals surface area contributed by atoms with Crippen molar-refractivity contribution in [3.63, 3.8) is 0 Å². The van der Waals surface area contributed by atoms with Gasteiger partial charge in [0.2, 0.25) is 0 Å². The molecule has 0 fully saturated rings. The Hall–Kier alpha value is -1.39. The highest BCUT2D eigenvalue weighted by molar-refractivity contribution is 6.31. The van der Waals surface area contributed by atoms with Gasteiger partial charge in [-0.15, -0.1) is 0 Å². The van der Waals surface area contributed by atoms with Crippen LogP contribution in [0.3, 0.4) is 0 Å². The van der Waals surface area contributed by atoms with Crippen LogP contribution in [0.5, 0.6) is 0 Å². The molecule has 0 aliphatic rings. The molecule has 3 nitrogen and oxygen atoms in total. The summed E-state index contributed by atoms with van der Waals surface area (Å²) in [5, 5.41) is 14.9. The van der Waals surface area contributed by atoms with Crippen molar-refractivity contribution in [3.8, 4) is 0 Å². The molecule has 0 radical (unpaired) electrons. The number of aromatic nitrogens is 2. The van der Waals surface area contributed by atoms with Crippen molar-refractivity contribution in [2.75, 3.05) is 0 Å². The smallest absolute Gasteiger partial charge is 0.130 e. The molecule has 0 amide bonds. The second-order valence-electron chi connectivity index (χ2n) is 4.50. The van der Waals surface area contributed by atoms with E-state index in [0.29, 0.717) is 21.8 Å². The van der Waals surface area contributed by atoms with Crippen molar-refractivity contribution < 1.29 is 9.50 Å². The molecule has 1 atom stereocenters. The van der Waals surface area contributed by atoms with E-state index in [-0.39, 0.29) is 5.82 Å². The van der Waals surface area contributed by atoms with Gasteiger partial charge in [-0.25, -0.2) is 4.39 Å². The van der Waals surface area contributed by atoms with Crippen LogP contribution in [0.1, 0.15) is 23.7 Å². The number of halogens is 2. The molecular weight excluding hydrogens is 255 g/mol. The van der Waals surface area contributed by atoms with Crippen LogP contribution < -0.4 is 0 Å². The number of hydrogen-bond donors (Lipinski definition) is 1. The van der Waals surface area contributed by atoms with Gasteiger partial charge >= 0.3 is 0 Å². The summed E-state index contributed by atoms with van der Waals surface area (Å²) < 4.78 is 15.1. The minimum atomic E-state index is -1.39. The first kappa shape index (κ1) is 13.1. The molecule has 1 heterocycles. The summed E-state index contributed by atoms with van der Waals surface area (Å²) in [6.45, 7) is 3.24. The molecule has 5 heteroatoms. The number of hydrogen-bond acceptors (Lipinski definition) is 2. The zero-order chi connectivity index (χ0) is 13.5. The van der Waals surface area contributed by atoms with Crippen molar-refractivity contribution in [1.29, 1.82) is 0 Å². The van der Waals surface area contributed by atoms with Gasteiger partial charge in [0, 0.05) is 7.05 Å². The second-order valence-corrected chi connectivity index (χ2v) is 4.91. The monoisotopic (exact) mass is 268 g/mol. The first-order valence-electron chi connectivity index (χ1n) is 5.51. The molecule has 1 aromatic carbocycles. The standard InChI is InChI=1S/C13H14ClFN2O/c1-8-4-5-9(6-11(8)15)13(2,18)12-10(14)7-16-17(12)3/h4-7,18H,1-3H3. The first-order chi connectivity index (χ1) is 8.34. The average molecular weight is 269 g/mol. The van der Waals surface area contributed by atoms with E-state index in [1.54, 1.807) is 33.0 Å². The molecule has 0 spiro atoms. The fourth-order valence-corrected chi connectivity index (χ4v) is 2.34. The van der Waals surface area contributed by atoms with Crippen LogP contribution in [0.2, 0.25) is 5.02 Å². The highest BCUT2D eigenvalue weighted by atomic mass is 35.5. The molecule has 18 heavy (non-hydrogen) atoms. The summed E-state index contributed by atoms with van der Waals surface area (Å²) >= 11 is 6.01. The molecule has 1 aromatic heterocycles. The van der Waals surface area contributed by atoms with E-state index in [0.717, 1.165) is 0 Å². The molecule has 2 rings (SSSR count). The molecule has 0 bridgehead atoms. The Morgan fingerprint density at radius 3 is 2.61 bits per heavy atom. The van der Waals surface area contributed by atoms with Crippen LogP contribution in [-0.2, 0) is 12.6 Å². The molecule has 0 aliphatic heterocycles. The summed E-state index contributed by atoms with van der Waals surface area (Å²) in [7, 11) is 1.68. The lowest BCUT2D eigenvalue weighted by atomic mass is 9.91. The van der Waals surface area contributed by atoms with Crippen LogP contribution in [0.4, 0.5) is 4.39 Å². The van der Waals surface area contributed by atoms with E-state index >= 15 is 0 Å². The Morgan fingerprint density at radius 2 is 2.11 bits per heavy atom. The molecule has 0 saturated carbocycles. The van der Waals surface area contributed by atoms with Gasteiger partial charge in [-0.05, 0) is 31.0 Å². The fourth-order valence-electron chi connectivity index (χ4n) is 1.99. The van der Waals surface area contributed by atoms with Crippen LogP contribution in [0.25, 0.3) is 0 Å². The number of nitrogens with zero attached hydrogens (tertiary/aromatic N) is 2. The van der Waals surface area contributed by atoms with Crippen LogP contribution in [0, 0.1) is 12.7 Å². The number of rotatable bonds is 2. The Bertz CT molecular complexity index is 573. The lowest BCUT2D eigenvalue weighted by Gasteiger charge is -2.25. The lowest BCUT2D eigenvalue weighted by Crippen LogP contribution is -2.26. The molecule has 1 unspecified atom stereocenters. The maximum Gasteiger partial charge on any atom is 0.130 e. The highest BCUT2D eigenvalue weighted by Crippen LogP contribution is 2.33. The Morgan fingerprint density at radius 1 is 1.44 bits per heavy atom. The minimum Gasteiger partial charge on any atom is -0.379 e. The Balaban J connectivity index is 2.57. The Kier molecular flexibility index (Phi) is 3.17. The van der Waals surface area contributed by atoms with E-state index in [2.05, 4.69) is 5.10 Å². The maximum atomic E-state index is 13.6. The van der Waals surface area contributed by atoms with Gasteiger partial charge in [0.05, 0.1) is 16.9 Å². The minimum absolute atomic E-state index is 0.350. The van der Waals surface area contributed by atoms with E-state index in [1.807, 2.05) is 0 Å². The number of aliphatic hydroxyl groups is 1. The summed E-state index contributed by atoms with van der Waals surface area (Å²) in [5.41, 5.74) is 0.0193. The first-order valence-corrected chi connectivity index (χ1v) is 5.89.